The summed E-state index contributed by atoms with van der Waals surface area (Å²) in [6, 6.07) is 63.1. The van der Waals surface area contributed by atoms with Crippen molar-refractivity contribution in [1.29, 1.82) is 0 Å². The van der Waals surface area contributed by atoms with Crippen molar-refractivity contribution in [1.82, 2.24) is 19.9 Å². The van der Waals surface area contributed by atoms with Gasteiger partial charge in [0.1, 0.15) is 0 Å². The summed E-state index contributed by atoms with van der Waals surface area (Å²) in [5.74, 6) is 0.708. The molecule has 4 heteroatoms. The van der Waals surface area contributed by atoms with Crippen LogP contribution in [0.1, 0.15) is 0 Å². The summed E-state index contributed by atoms with van der Waals surface area (Å²) in [6.07, 6.45) is 0. The molecule has 0 N–H and O–H groups in total. The molecule has 52 heavy (non-hydrogen) atoms. The van der Waals surface area contributed by atoms with E-state index in [2.05, 4.69) is 140 Å². The number of pyridine rings is 2. The van der Waals surface area contributed by atoms with Crippen LogP contribution >= 0.6 is 0 Å². The van der Waals surface area contributed by atoms with Gasteiger partial charge < -0.3 is 0 Å². The number of para-hydroxylation sites is 1. The molecule has 0 radical (unpaired) electrons. The minimum Gasteiger partial charge on any atom is -0.247 e. The summed E-state index contributed by atoms with van der Waals surface area (Å²) in [5.41, 5.74) is 12.0. The van der Waals surface area contributed by atoms with Crippen LogP contribution in [0, 0.1) is 0 Å². The molecule has 7 aromatic carbocycles. The average molecular weight is 663 g/mol. The fraction of sp³-hybridized carbons (Fsp3) is 0. The molecule has 0 atom stereocenters. The number of rotatable bonds is 5. The van der Waals surface area contributed by atoms with Gasteiger partial charge in [0.25, 0.3) is 0 Å². The molecule has 0 bridgehead atoms. The van der Waals surface area contributed by atoms with Gasteiger partial charge in [0.05, 0.1) is 33.6 Å². The van der Waals surface area contributed by atoms with E-state index >= 15 is 0 Å². The van der Waals surface area contributed by atoms with Gasteiger partial charge in [-0.1, -0.05) is 164 Å². The largest absolute Gasteiger partial charge is 0.247 e. The second-order valence-corrected chi connectivity index (χ2v) is 13.0. The van der Waals surface area contributed by atoms with E-state index < -0.39 is 0 Å². The van der Waals surface area contributed by atoms with Crippen LogP contribution < -0.4 is 0 Å². The number of benzene rings is 7. The SMILES string of the molecule is c1ccc(-c2ccc3ccc4c5ccc(-c6ccc(-c7nc(-c8ccccc8)c8ccccc8n7)cc6)cc5nc(-c5ccccc5)c4c3n2)cc1. The Morgan fingerprint density at radius 3 is 1.65 bits per heavy atom. The molecule has 3 heterocycles. The van der Waals surface area contributed by atoms with Crippen molar-refractivity contribution < 1.29 is 0 Å². The Hall–Kier alpha value is -7.04. The van der Waals surface area contributed by atoms with Crippen LogP contribution in [-0.2, 0) is 0 Å². The number of hydrogen-bond donors (Lipinski definition) is 0. The molecule has 0 aliphatic heterocycles. The molecular formula is C48H30N4. The predicted octanol–water partition coefficient (Wildman–Crippen LogP) is 12.2. The lowest BCUT2D eigenvalue weighted by atomic mass is 9.95. The predicted molar refractivity (Wildman–Crippen MR) is 215 cm³/mol. The van der Waals surface area contributed by atoms with Crippen LogP contribution in [0.5, 0.6) is 0 Å². The van der Waals surface area contributed by atoms with Crippen LogP contribution in [0.3, 0.4) is 0 Å². The topological polar surface area (TPSA) is 51.6 Å². The van der Waals surface area contributed by atoms with E-state index in [1.54, 1.807) is 0 Å². The summed E-state index contributed by atoms with van der Waals surface area (Å²) < 4.78 is 0. The molecule has 0 fully saturated rings. The number of fused-ring (bicyclic) bond motifs is 6. The Balaban J connectivity index is 1.10. The van der Waals surface area contributed by atoms with E-state index in [1.165, 1.54) is 0 Å². The monoisotopic (exact) mass is 662 g/mol. The van der Waals surface area contributed by atoms with Gasteiger partial charge in [-0.05, 0) is 34.7 Å². The Bertz CT molecular complexity index is 2920. The fourth-order valence-electron chi connectivity index (χ4n) is 7.27. The van der Waals surface area contributed by atoms with E-state index in [0.717, 1.165) is 93.9 Å². The maximum absolute atomic E-state index is 5.38. The van der Waals surface area contributed by atoms with E-state index in [4.69, 9.17) is 19.9 Å². The van der Waals surface area contributed by atoms with Crippen molar-refractivity contribution in [3.63, 3.8) is 0 Å². The van der Waals surface area contributed by atoms with E-state index in [9.17, 15) is 0 Å². The van der Waals surface area contributed by atoms with Crippen molar-refractivity contribution in [2.75, 3.05) is 0 Å². The summed E-state index contributed by atoms with van der Waals surface area (Å²) in [6.45, 7) is 0. The van der Waals surface area contributed by atoms with Gasteiger partial charge >= 0.3 is 0 Å². The van der Waals surface area contributed by atoms with Gasteiger partial charge in [0.15, 0.2) is 5.82 Å². The highest BCUT2D eigenvalue weighted by Crippen LogP contribution is 2.39. The molecular weight excluding hydrogens is 633 g/mol. The average Bonchev–Trinajstić information content (AvgIpc) is 3.23. The molecule has 0 saturated carbocycles. The normalized spacial score (nSPS) is 11.5. The zero-order valence-corrected chi connectivity index (χ0v) is 28.1. The third-order valence-corrected chi connectivity index (χ3v) is 9.86. The fourth-order valence-corrected chi connectivity index (χ4v) is 7.27. The number of hydrogen-bond acceptors (Lipinski definition) is 4. The van der Waals surface area contributed by atoms with E-state index in [1.807, 2.05) is 42.5 Å². The summed E-state index contributed by atoms with van der Waals surface area (Å²) >= 11 is 0. The van der Waals surface area contributed by atoms with E-state index in [0.29, 0.717) is 5.82 Å². The van der Waals surface area contributed by atoms with Gasteiger partial charge in [-0.2, -0.15) is 0 Å². The molecule has 0 aliphatic carbocycles. The third-order valence-electron chi connectivity index (χ3n) is 9.86. The van der Waals surface area contributed by atoms with Crippen molar-refractivity contribution >= 4 is 43.5 Å². The van der Waals surface area contributed by atoms with Crippen molar-refractivity contribution in [3.05, 3.63) is 182 Å². The first kappa shape index (κ1) is 29.8. The smallest absolute Gasteiger partial charge is 0.160 e. The lowest BCUT2D eigenvalue weighted by molar-refractivity contribution is 1.23. The Kier molecular flexibility index (Phi) is 7.10. The standard InChI is InChI=1S/C48H30N4/c1-4-12-32(13-5-1)41-29-26-35-24-28-39-38-27-25-37(30-43(38)50-46(44(39)47(35)49-41)34-16-8-3-9-17-34)31-20-22-36(23-21-31)48-51-42-19-11-10-18-40(42)45(52-48)33-14-6-2-7-15-33/h1-30H. The van der Waals surface area contributed by atoms with Gasteiger partial charge in [-0.15, -0.1) is 0 Å². The molecule has 10 rings (SSSR count). The molecule has 0 amide bonds. The highest BCUT2D eigenvalue weighted by molar-refractivity contribution is 6.20. The molecule has 4 nitrogen and oxygen atoms in total. The first-order valence-electron chi connectivity index (χ1n) is 17.5. The van der Waals surface area contributed by atoms with Crippen molar-refractivity contribution in [3.8, 4) is 56.3 Å². The lowest BCUT2D eigenvalue weighted by Gasteiger charge is -2.14. The zero-order chi connectivity index (χ0) is 34.4. The van der Waals surface area contributed by atoms with Crippen molar-refractivity contribution in [2.24, 2.45) is 0 Å². The maximum Gasteiger partial charge on any atom is 0.160 e. The lowest BCUT2D eigenvalue weighted by Crippen LogP contribution is -1.95. The molecule has 0 aliphatic rings. The zero-order valence-electron chi connectivity index (χ0n) is 28.1. The number of nitrogens with zero attached hydrogens (tertiary/aromatic N) is 4. The highest BCUT2D eigenvalue weighted by Gasteiger charge is 2.17. The summed E-state index contributed by atoms with van der Waals surface area (Å²) in [4.78, 5) is 20.7. The summed E-state index contributed by atoms with van der Waals surface area (Å²) in [5, 5.41) is 5.44. The minimum absolute atomic E-state index is 0.708. The van der Waals surface area contributed by atoms with Crippen molar-refractivity contribution in [2.45, 2.75) is 0 Å². The first-order valence-corrected chi connectivity index (χ1v) is 17.5. The van der Waals surface area contributed by atoms with Crippen LogP contribution in [-0.4, -0.2) is 19.9 Å². The van der Waals surface area contributed by atoms with Gasteiger partial charge in [0, 0.05) is 43.8 Å². The van der Waals surface area contributed by atoms with E-state index in [-0.39, 0.29) is 0 Å². The minimum atomic E-state index is 0.708. The highest BCUT2D eigenvalue weighted by atomic mass is 14.9. The maximum atomic E-state index is 5.38. The van der Waals surface area contributed by atoms with Gasteiger partial charge in [0.2, 0.25) is 0 Å². The van der Waals surface area contributed by atoms with Gasteiger partial charge in [-0.25, -0.2) is 19.9 Å². The van der Waals surface area contributed by atoms with Crippen LogP contribution in [0.15, 0.2) is 182 Å². The van der Waals surface area contributed by atoms with Crippen LogP contribution in [0.25, 0.3) is 99.8 Å². The molecule has 0 spiro atoms. The molecule has 10 aromatic rings. The Labute approximate surface area is 300 Å². The Morgan fingerprint density at radius 1 is 0.308 bits per heavy atom. The quantitative estimate of drug-likeness (QED) is 0.172. The number of aromatic nitrogens is 4. The molecule has 242 valence electrons. The molecule has 0 saturated heterocycles. The molecule has 3 aromatic heterocycles. The second-order valence-electron chi connectivity index (χ2n) is 13.0. The van der Waals surface area contributed by atoms with Crippen LogP contribution in [0.2, 0.25) is 0 Å². The third kappa shape index (κ3) is 5.17. The second kappa shape index (κ2) is 12.4. The van der Waals surface area contributed by atoms with Crippen LogP contribution in [0.4, 0.5) is 0 Å². The van der Waals surface area contributed by atoms with Gasteiger partial charge in [-0.3, -0.25) is 0 Å². The summed E-state index contributed by atoms with van der Waals surface area (Å²) in [7, 11) is 0. The first-order chi connectivity index (χ1) is 25.8. The molecule has 0 unspecified atom stereocenters. The Morgan fingerprint density at radius 2 is 0.904 bits per heavy atom.